The molecule has 0 fully saturated rings. The molecule has 0 amide bonds. The summed E-state index contributed by atoms with van der Waals surface area (Å²) in [6.45, 7) is 2.36. The Hall–Kier alpha value is -1.72. The Morgan fingerprint density at radius 3 is 2.60 bits per heavy atom. The predicted molar refractivity (Wildman–Crippen MR) is 73.0 cm³/mol. The van der Waals surface area contributed by atoms with E-state index in [0.29, 0.717) is 6.61 Å². The molecule has 0 aliphatic rings. The van der Waals surface area contributed by atoms with E-state index in [-0.39, 0.29) is 31.8 Å². The van der Waals surface area contributed by atoms with Gasteiger partial charge < -0.3 is 14.6 Å². The third-order valence-electron chi connectivity index (χ3n) is 2.53. The number of aliphatic hydroxyl groups is 1. The lowest BCUT2D eigenvalue weighted by Gasteiger charge is -2.10. The SMILES string of the molecule is CCOC(=O)CC(=O)C[C@H](O)COCc1ccccc1. The van der Waals surface area contributed by atoms with E-state index in [4.69, 9.17) is 4.74 Å². The molecule has 110 valence electrons. The fraction of sp³-hybridized carbons (Fsp3) is 0.467. The molecule has 1 rings (SSSR count). The van der Waals surface area contributed by atoms with Gasteiger partial charge in [-0.3, -0.25) is 9.59 Å². The van der Waals surface area contributed by atoms with Crippen LogP contribution in [-0.4, -0.2) is 36.2 Å². The summed E-state index contributed by atoms with van der Waals surface area (Å²) in [5.74, 6) is -0.908. The number of Topliss-reactive ketones (excluding diaryl/α,β-unsaturated/α-hetero) is 1. The van der Waals surface area contributed by atoms with Crippen molar-refractivity contribution in [2.24, 2.45) is 0 Å². The lowest BCUT2D eigenvalue weighted by molar-refractivity contribution is -0.146. The van der Waals surface area contributed by atoms with E-state index >= 15 is 0 Å². The van der Waals surface area contributed by atoms with Crippen LogP contribution in [0.2, 0.25) is 0 Å². The van der Waals surface area contributed by atoms with Crippen molar-refractivity contribution in [1.82, 2.24) is 0 Å². The number of benzene rings is 1. The molecule has 1 N–H and O–H groups in total. The zero-order valence-electron chi connectivity index (χ0n) is 11.6. The summed E-state index contributed by atoms with van der Waals surface area (Å²) < 4.78 is 9.98. The maximum absolute atomic E-state index is 11.5. The van der Waals surface area contributed by atoms with Crippen LogP contribution < -0.4 is 0 Å². The predicted octanol–water partition coefficient (Wildman–Crippen LogP) is 1.48. The number of rotatable bonds is 9. The van der Waals surface area contributed by atoms with E-state index in [0.717, 1.165) is 5.56 Å². The highest BCUT2D eigenvalue weighted by atomic mass is 16.5. The fourth-order valence-corrected chi connectivity index (χ4v) is 1.65. The minimum Gasteiger partial charge on any atom is -0.466 e. The van der Waals surface area contributed by atoms with Crippen LogP contribution in [0.25, 0.3) is 0 Å². The Bertz CT molecular complexity index is 416. The maximum atomic E-state index is 11.5. The standard InChI is InChI=1S/C15H20O5/c1-2-20-15(18)9-13(16)8-14(17)11-19-10-12-6-4-3-5-7-12/h3-7,14,17H,2,8-11H2,1H3/t14-/m0/s1. The Balaban J connectivity index is 2.18. The molecule has 1 atom stereocenters. The molecule has 20 heavy (non-hydrogen) atoms. The van der Waals surface area contributed by atoms with Gasteiger partial charge in [0.15, 0.2) is 0 Å². The topological polar surface area (TPSA) is 72.8 Å². The summed E-state index contributed by atoms with van der Waals surface area (Å²) in [5, 5.41) is 9.64. The third kappa shape index (κ3) is 7.01. The van der Waals surface area contributed by atoms with Crippen molar-refractivity contribution in [2.75, 3.05) is 13.2 Å². The van der Waals surface area contributed by atoms with Crippen molar-refractivity contribution in [1.29, 1.82) is 0 Å². The van der Waals surface area contributed by atoms with Crippen LogP contribution in [0.15, 0.2) is 30.3 Å². The van der Waals surface area contributed by atoms with Crippen LogP contribution in [0.4, 0.5) is 0 Å². The van der Waals surface area contributed by atoms with Crippen LogP contribution in [-0.2, 0) is 25.7 Å². The number of hydrogen-bond acceptors (Lipinski definition) is 5. The average molecular weight is 280 g/mol. The Kier molecular flexibility index (Phi) is 7.54. The van der Waals surface area contributed by atoms with Gasteiger partial charge in [-0.05, 0) is 12.5 Å². The first kappa shape index (κ1) is 16.3. The lowest BCUT2D eigenvalue weighted by atomic mass is 10.1. The molecule has 0 heterocycles. The lowest BCUT2D eigenvalue weighted by Crippen LogP contribution is -2.21. The second kappa shape index (κ2) is 9.23. The molecule has 0 spiro atoms. The van der Waals surface area contributed by atoms with Crippen LogP contribution in [0.3, 0.4) is 0 Å². The number of ketones is 1. The molecule has 0 radical (unpaired) electrons. The molecule has 0 bridgehead atoms. The maximum Gasteiger partial charge on any atom is 0.313 e. The molecule has 0 saturated carbocycles. The van der Waals surface area contributed by atoms with E-state index in [1.165, 1.54) is 0 Å². The van der Waals surface area contributed by atoms with Gasteiger partial charge >= 0.3 is 5.97 Å². The first-order valence-electron chi connectivity index (χ1n) is 6.59. The molecule has 0 unspecified atom stereocenters. The second-order valence-electron chi connectivity index (χ2n) is 4.38. The molecule has 0 saturated heterocycles. The summed E-state index contributed by atoms with van der Waals surface area (Å²) in [5.41, 5.74) is 0.998. The normalized spacial score (nSPS) is 11.9. The number of aliphatic hydroxyl groups excluding tert-OH is 1. The Morgan fingerprint density at radius 1 is 1.25 bits per heavy atom. The summed E-state index contributed by atoms with van der Waals surface area (Å²) in [7, 11) is 0. The van der Waals surface area contributed by atoms with Crippen molar-refractivity contribution in [3.8, 4) is 0 Å². The molecule has 0 aromatic heterocycles. The van der Waals surface area contributed by atoms with Gasteiger partial charge in [0, 0.05) is 6.42 Å². The summed E-state index contributed by atoms with van der Waals surface area (Å²) >= 11 is 0. The van der Waals surface area contributed by atoms with E-state index in [2.05, 4.69) is 4.74 Å². The highest BCUT2D eigenvalue weighted by molar-refractivity contribution is 5.95. The van der Waals surface area contributed by atoms with Gasteiger partial charge in [0.1, 0.15) is 12.2 Å². The van der Waals surface area contributed by atoms with Crippen molar-refractivity contribution in [2.45, 2.75) is 32.5 Å². The average Bonchev–Trinajstić information content (AvgIpc) is 2.39. The van der Waals surface area contributed by atoms with Gasteiger partial charge in [-0.25, -0.2) is 0 Å². The molecule has 1 aromatic carbocycles. The number of hydrogen-bond donors (Lipinski definition) is 1. The Labute approximate surface area is 118 Å². The summed E-state index contributed by atoms with van der Waals surface area (Å²) in [6.07, 6.45) is -1.31. The van der Waals surface area contributed by atoms with Crippen LogP contribution >= 0.6 is 0 Å². The van der Waals surface area contributed by atoms with Crippen molar-refractivity contribution in [3.05, 3.63) is 35.9 Å². The number of ether oxygens (including phenoxy) is 2. The first-order valence-corrected chi connectivity index (χ1v) is 6.59. The van der Waals surface area contributed by atoms with Gasteiger partial charge in [-0.15, -0.1) is 0 Å². The molecule has 5 nitrogen and oxygen atoms in total. The zero-order chi connectivity index (χ0) is 14.8. The number of carbonyl (C=O) groups excluding carboxylic acids is 2. The number of esters is 1. The van der Waals surface area contributed by atoms with Crippen molar-refractivity contribution in [3.63, 3.8) is 0 Å². The highest BCUT2D eigenvalue weighted by Crippen LogP contribution is 2.03. The van der Waals surface area contributed by atoms with Crippen LogP contribution in [0.1, 0.15) is 25.3 Å². The Morgan fingerprint density at radius 2 is 1.95 bits per heavy atom. The smallest absolute Gasteiger partial charge is 0.313 e. The van der Waals surface area contributed by atoms with Gasteiger partial charge in [-0.2, -0.15) is 0 Å². The minimum absolute atomic E-state index is 0.0590. The molecule has 5 heteroatoms. The van der Waals surface area contributed by atoms with Crippen molar-refractivity contribution < 1.29 is 24.2 Å². The van der Waals surface area contributed by atoms with Crippen LogP contribution in [0.5, 0.6) is 0 Å². The third-order valence-corrected chi connectivity index (χ3v) is 2.53. The van der Waals surface area contributed by atoms with E-state index in [1.54, 1.807) is 6.92 Å². The molecular formula is C15H20O5. The quantitative estimate of drug-likeness (QED) is 0.548. The van der Waals surface area contributed by atoms with Gasteiger partial charge in [0.2, 0.25) is 0 Å². The fourth-order valence-electron chi connectivity index (χ4n) is 1.65. The number of carbonyl (C=O) groups is 2. The van der Waals surface area contributed by atoms with Crippen molar-refractivity contribution >= 4 is 11.8 Å². The molecular weight excluding hydrogens is 260 g/mol. The van der Waals surface area contributed by atoms with Gasteiger partial charge in [0.25, 0.3) is 0 Å². The highest BCUT2D eigenvalue weighted by Gasteiger charge is 2.15. The van der Waals surface area contributed by atoms with E-state index in [1.807, 2.05) is 30.3 Å². The molecule has 1 aromatic rings. The van der Waals surface area contributed by atoms with E-state index in [9.17, 15) is 14.7 Å². The minimum atomic E-state index is -0.902. The largest absolute Gasteiger partial charge is 0.466 e. The monoisotopic (exact) mass is 280 g/mol. The van der Waals surface area contributed by atoms with E-state index < -0.39 is 12.1 Å². The zero-order valence-corrected chi connectivity index (χ0v) is 11.6. The van der Waals surface area contributed by atoms with Crippen LogP contribution in [0, 0.1) is 0 Å². The summed E-state index contributed by atoms with van der Waals surface area (Å²) in [4.78, 5) is 22.5. The molecule has 0 aliphatic carbocycles. The van der Waals surface area contributed by atoms with Gasteiger partial charge in [-0.1, -0.05) is 30.3 Å². The second-order valence-corrected chi connectivity index (χ2v) is 4.38. The van der Waals surface area contributed by atoms with Gasteiger partial charge in [0.05, 0.1) is 25.9 Å². The first-order chi connectivity index (χ1) is 9.61. The molecule has 0 aliphatic heterocycles. The summed E-state index contributed by atoms with van der Waals surface area (Å²) in [6, 6.07) is 9.54.